The summed E-state index contributed by atoms with van der Waals surface area (Å²) in [4.78, 5) is 67.2. The highest BCUT2D eigenvalue weighted by molar-refractivity contribution is 7.52. The minimum absolute atomic E-state index is 0.00343. The van der Waals surface area contributed by atoms with Gasteiger partial charge in [-0.3, -0.25) is 28.0 Å². The smallest absolute Gasteiger partial charge is 0.394 e. The molecule has 6 aliphatic rings. The number of rotatable bonds is 30. The summed E-state index contributed by atoms with van der Waals surface area (Å²) in [5.41, 5.74) is 0. The molecule has 0 aromatic heterocycles. The third-order valence-electron chi connectivity index (χ3n) is 16.3. The molecule has 23 atom stereocenters. The first-order chi connectivity index (χ1) is 40.5. The summed E-state index contributed by atoms with van der Waals surface area (Å²) in [7, 11) is -7.98. The van der Waals surface area contributed by atoms with Crippen molar-refractivity contribution < 1.29 is 131 Å². The number of amides is 3. The third-order valence-corrected chi connectivity index (χ3v) is 18.8. The Kier molecular flexibility index (Phi) is 30.5. The third kappa shape index (κ3) is 21.5. The van der Waals surface area contributed by atoms with Gasteiger partial charge in [-0.15, -0.1) is 0 Å². The Morgan fingerprint density at radius 2 is 0.907 bits per heavy atom. The second-order valence-electron chi connectivity index (χ2n) is 24.2. The average Bonchev–Trinajstić information content (AvgIpc) is 3.35. The van der Waals surface area contributed by atoms with Gasteiger partial charge in [-0.1, -0.05) is 41.5 Å². The summed E-state index contributed by atoms with van der Waals surface area (Å²) < 4.78 is 83.5. The van der Waals surface area contributed by atoms with Crippen molar-refractivity contribution in [3.8, 4) is 0 Å². The molecule has 6 fully saturated rings. The number of nitrogens with zero attached hydrogens (tertiary/aromatic N) is 3. The Labute approximate surface area is 502 Å². The van der Waals surface area contributed by atoms with E-state index in [1.165, 1.54) is 16.9 Å². The van der Waals surface area contributed by atoms with Crippen LogP contribution < -0.4 is 0 Å². The van der Waals surface area contributed by atoms with E-state index in [1.54, 1.807) is 25.7 Å². The highest BCUT2D eigenvalue weighted by atomic mass is 31.2. The first-order valence-electron chi connectivity index (χ1n) is 29.9. The minimum atomic E-state index is -4.97. The van der Waals surface area contributed by atoms with Crippen molar-refractivity contribution in [1.82, 2.24) is 14.7 Å². The van der Waals surface area contributed by atoms with Crippen LogP contribution in [0.2, 0.25) is 0 Å². The Morgan fingerprint density at radius 1 is 0.535 bits per heavy atom. The van der Waals surface area contributed by atoms with Crippen LogP contribution >= 0.6 is 15.4 Å². The van der Waals surface area contributed by atoms with Crippen LogP contribution in [0.4, 0.5) is 0 Å². The molecule has 12 N–H and O–H groups in total. The molecule has 6 aliphatic heterocycles. The van der Waals surface area contributed by atoms with Gasteiger partial charge in [0.25, 0.3) is 0 Å². The zero-order valence-corrected chi connectivity index (χ0v) is 52.3. The van der Waals surface area contributed by atoms with E-state index in [-0.39, 0.29) is 109 Å². The van der Waals surface area contributed by atoms with Gasteiger partial charge in [0, 0.05) is 63.8 Å². The van der Waals surface area contributed by atoms with Crippen molar-refractivity contribution in [2.75, 3.05) is 92.4 Å². The molecule has 0 saturated carbocycles. The first kappa shape index (κ1) is 74.7. The van der Waals surface area contributed by atoms with Crippen LogP contribution in [-0.4, -0.2) is 290 Å². The average molecular weight is 1280 g/mol. The topological polar surface area (TPSA) is 430 Å². The fraction of sp³-hybridized carbons (Fsp3) is 0.944. The number of carbonyl (C=O) groups excluding carboxylic acids is 3. The van der Waals surface area contributed by atoms with E-state index in [1.807, 2.05) is 0 Å². The molecule has 30 nitrogen and oxygen atoms in total. The maximum absolute atomic E-state index is 13.9. The lowest BCUT2D eigenvalue weighted by Crippen LogP contribution is -2.55. The van der Waals surface area contributed by atoms with Gasteiger partial charge < -0.3 is 113 Å². The molecule has 32 heteroatoms. The number of methoxy groups -OCH3 is 1. The number of hydrogen-bond acceptors (Lipinski definition) is 25. The maximum Gasteiger partial charge on any atom is 0.472 e. The number of β-amino-alcohol motifs (C(OH)–C–C–N with tert-alkyl or cyclic N) is 1. The quantitative estimate of drug-likeness (QED) is 0.0284. The lowest BCUT2D eigenvalue weighted by molar-refractivity contribution is -0.282. The van der Waals surface area contributed by atoms with E-state index in [0.29, 0.717) is 6.42 Å². The molecular formula is C54H99N3O27P2. The molecule has 6 rings (SSSR count). The van der Waals surface area contributed by atoms with Gasteiger partial charge in [0.1, 0.15) is 36.6 Å². The number of aliphatic hydroxyl groups is 10. The molecule has 6 heterocycles. The molecule has 502 valence electrons. The summed E-state index contributed by atoms with van der Waals surface area (Å²) in [6, 6.07) is -2.26. The van der Waals surface area contributed by atoms with Gasteiger partial charge in [0.15, 0.2) is 18.9 Å². The number of aliphatic hydroxyl groups excluding tert-OH is 10. The largest absolute Gasteiger partial charge is 0.472 e. The Balaban J connectivity index is 0.00000327. The summed E-state index contributed by atoms with van der Waals surface area (Å²) >= 11 is 0. The Hall–Kier alpha value is -2.01. The number of likely N-dealkylation sites (tertiary alicyclic amines) is 3. The summed E-state index contributed by atoms with van der Waals surface area (Å²) in [5, 5.41) is 101. The zero-order valence-electron chi connectivity index (χ0n) is 50.5. The first-order valence-corrected chi connectivity index (χ1v) is 33.2. The van der Waals surface area contributed by atoms with Crippen LogP contribution in [0.1, 0.15) is 99.3 Å². The number of phosphoric acid groups is 1. The molecule has 0 aromatic rings. The fourth-order valence-corrected chi connectivity index (χ4v) is 13.9. The van der Waals surface area contributed by atoms with E-state index in [0.717, 1.165) is 5.92 Å². The highest BCUT2D eigenvalue weighted by Gasteiger charge is 2.47. The molecular weight excluding hydrogens is 1180 g/mol. The monoisotopic (exact) mass is 1280 g/mol. The summed E-state index contributed by atoms with van der Waals surface area (Å²) in [6.45, 7) is 8.42. The van der Waals surface area contributed by atoms with Crippen molar-refractivity contribution in [1.29, 1.82) is 0 Å². The van der Waals surface area contributed by atoms with Crippen molar-refractivity contribution in [3.05, 3.63) is 0 Å². The van der Waals surface area contributed by atoms with Crippen LogP contribution in [0.3, 0.4) is 0 Å². The van der Waals surface area contributed by atoms with Gasteiger partial charge in [-0.05, 0) is 50.4 Å². The van der Waals surface area contributed by atoms with Gasteiger partial charge in [0.05, 0.1) is 114 Å². The summed E-state index contributed by atoms with van der Waals surface area (Å²) in [6.07, 6.45) is -15.9. The van der Waals surface area contributed by atoms with E-state index in [2.05, 4.69) is 20.8 Å². The number of phosphoric ester groups is 1. The normalized spacial score (nSPS) is 37.3. The SMILES string of the molecule is CC(C)C.COC[C@@H]1C[C@@H](CP(=O)(O)OC[C@@H]2C[C@@H](OP(=O)(O)OC[C@@H]3C[C@@H](O)CN3C(=O)CCCO[C@@H]3OC(CO)[C@H](O)[C@H](O)C3C)CN2C(=O)CCCO[C@@H]2OC(CO)[C@H](O)[C@H](O)C2C)CN1C(=O)CCCO[C@@H]1OC(CO)[C@H](O)[C@H](O)C1C. The number of hydrogen-bond donors (Lipinski definition) is 12. The standard InChI is InChI=1S/C50H89N3O27P2.C4H10/c1-27-42(61)45(64)36(20-54)77-48(27)72-11-5-8-39(58)51-17-30(14-31(51)23-71-4)26-81(67,68)75-24-33-16-35(19-53(33)41(60)10-7-13-74-50-29(3)44(63)47(66)38(22-56)79-50)80-82(69,70)76-25-32-15-34(57)18-52(32)40(59)9-6-12-73-49-28(2)43(62)46(65)37(21-55)78-49;1-4(2)3/h27-38,42-50,54-57,61-66H,5-26H2,1-4H3,(H,67,68)(H,69,70);4H,1-3H3/t27?,28?,29?,30-,31+,32+,33+,34-,35-,36?,37?,38?,42-,43-,44-,45+,46+,47+,48-,49-,50-;/m1./s1. The van der Waals surface area contributed by atoms with E-state index in [9.17, 15) is 84.4 Å². The van der Waals surface area contributed by atoms with Gasteiger partial charge in [-0.25, -0.2) is 4.57 Å². The van der Waals surface area contributed by atoms with Crippen molar-refractivity contribution in [2.45, 2.75) is 203 Å². The van der Waals surface area contributed by atoms with E-state index < -0.39 is 188 Å². The minimum Gasteiger partial charge on any atom is -0.394 e. The molecule has 0 radical (unpaired) electrons. The Morgan fingerprint density at radius 3 is 1.31 bits per heavy atom. The van der Waals surface area contributed by atoms with Crippen LogP contribution in [0.25, 0.3) is 0 Å². The van der Waals surface area contributed by atoms with Crippen molar-refractivity contribution in [3.63, 3.8) is 0 Å². The number of carbonyl (C=O) groups is 3. The lowest BCUT2D eigenvalue weighted by atomic mass is 9.92. The second-order valence-corrected chi connectivity index (χ2v) is 27.5. The van der Waals surface area contributed by atoms with E-state index in [4.69, 9.17) is 46.7 Å². The zero-order chi connectivity index (χ0) is 63.8. The molecule has 0 aliphatic carbocycles. The van der Waals surface area contributed by atoms with Gasteiger partial charge in [-0.2, -0.15) is 0 Å². The molecule has 0 bridgehead atoms. The second kappa shape index (κ2) is 35.1. The van der Waals surface area contributed by atoms with Crippen LogP contribution in [0.5, 0.6) is 0 Å². The van der Waals surface area contributed by atoms with Gasteiger partial charge >= 0.3 is 15.4 Å². The molecule has 0 aromatic carbocycles. The highest BCUT2D eigenvalue weighted by Crippen LogP contribution is 2.49. The Bertz CT molecular complexity index is 2150. The summed E-state index contributed by atoms with van der Waals surface area (Å²) in [5.74, 6) is -2.85. The molecule has 3 amide bonds. The van der Waals surface area contributed by atoms with Crippen molar-refractivity contribution >= 4 is 33.1 Å². The number of ether oxygens (including phenoxy) is 7. The predicted molar refractivity (Wildman–Crippen MR) is 300 cm³/mol. The van der Waals surface area contributed by atoms with Crippen molar-refractivity contribution in [2.24, 2.45) is 29.6 Å². The van der Waals surface area contributed by atoms with Gasteiger partial charge in [0.2, 0.25) is 17.7 Å². The fourth-order valence-electron chi connectivity index (χ4n) is 11.5. The molecule has 8 unspecified atom stereocenters. The predicted octanol–water partition coefficient (Wildman–Crippen LogP) is -1.61. The lowest BCUT2D eigenvalue weighted by Gasteiger charge is -2.40. The van der Waals surface area contributed by atoms with Crippen LogP contribution in [0, 0.1) is 29.6 Å². The molecule has 0 spiro atoms. The molecule has 86 heavy (non-hydrogen) atoms. The maximum atomic E-state index is 13.9. The van der Waals surface area contributed by atoms with E-state index >= 15 is 0 Å². The molecule has 6 saturated heterocycles. The van der Waals surface area contributed by atoms with Crippen LogP contribution in [0.15, 0.2) is 0 Å². The van der Waals surface area contributed by atoms with Crippen LogP contribution in [-0.2, 0) is 70.2 Å².